The van der Waals surface area contributed by atoms with Crippen LogP contribution >= 0.6 is 0 Å². The van der Waals surface area contributed by atoms with Crippen LogP contribution in [0.3, 0.4) is 0 Å². The van der Waals surface area contributed by atoms with Gasteiger partial charge in [-0.2, -0.15) is 13.2 Å². The van der Waals surface area contributed by atoms with Crippen LogP contribution < -0.4 is 5.32 Å². The van der Waals surface area contributed by atoms with E-state index in [9.17, 15) is 18.0 Å². The first-order valence-electron chi connectivity index (χ1n) is 6.57. The zero-order valence-electron chi connectivity index (χ0n) is 10.9. The molecule has 2 bridgehead atoms. The molecule has 2 aliphatic rings. The SMILES string of the molecule is CN1C2CCCC1CC(NC(=O)OCC(F)(F)F)C2. The molecule has 1 amide bonds. The number of alkyl halides is 3. The Morgan fingerprint density at radius 3 is 2.42 bits per heavy atom. The molecule has 110 valence electrons. The van der Waals surface area contributed by atoms with E-state index in [-0.39, 0.29) is 6.04 Å². The number of nitrogens with one attached hydrogen (secondary N) is 1. The molecule has 0 aromatic carbocycles. The lowest BCUT2D eigenvalue weighted by molar-refractivity contribution is -0.160. The van der Waals surface area contributed by atoms with E-state index < -0.39 is 18.9 Å². The van der Waals surface area contributed by atoms with Gasteiger partial charge in [0.25, 0.3) is 0 Å². The molecule has 0 radical (unpaired) electrons. The predicted molar refractivity (Wildman–Crippen MR) is 62.8 cm³/mol. The molecule has 2 atom stereocenters. The zero-order valence-corrected chi connectivity index (χ0v) is 10.9. The second kappa shape index (κ2) is 5.56. The summed E-state index contributed by atoms with van der Waals surface area (Å²) in [4.78, 5) is 13.6. The van der Waals surface area contributed by atoms with Gasteiger partial charge in [-0.1, -0.05) is 6.42 Å². The molecule has 1 N–H and O–H groups in total. The summed E-state index contributed by atoms with van der Waals surface area (Å²) in [7, 11) is 2.08. The van der Waals surface area contributed by atoms with Crippen LogP contribution in [0.15, 0.2) is 0 Å². The Balaban J connectivity index is 1.79. The zero-order chi connectivity index (χ0) is 14.0. The van der Waals surface area contributed by atoms with Crippen LogP contribution in [0.2, 0.25) is 0 Å². The molecule has 2 rings (SSSR count). The average molecular weight is 280 g/mol. The summed E-state index contributed by atoms with van der Waals surface area (Å²) in [5.41, 5.74) is 0. The number of hydrogen-bond donors (Lipinski definition) is 1. The van der Waals surface area contributed by atoms with Crippen molar-refractivity contribution in [1.29, 1.82) is 0 Å². The number of hydrogen-bond acceptors (Lipinski definition) is 3. The summed E-state index contributed by atoms with van der Waals surface area (Å²) in [6.45, 7) is -1.53. The molecular formula is C12H19F3N2O2. The molecule has 0 aliphatic carbocycles. The van der Waals surface area contributed by atoms with Gasteiger partial charge in [-0.25, -0.2) is 4.79 Å². The van der Waals surface area contributed by atoms with Gasteiger partial charge in [-0.3, -0.25) is 0 Å². The quantitative estimate of drug-likeness (QED) is 0.844. The maximum atomic E-state index is 11.9. The van der Waals surface area contributed by atoms with Crippen molar-refractivity contribution in [3.8, 4) is 0 Å². The van der Waals surface area contributed by atoms with E-state index in [2.05, 4.69) is 22.0 Å². The Kier molecular flexibility index (Phi) is 4.23. The first-order valence-corrected chi connectivity index (χ1v) is 6.57. The maximum Gasteiger partial charge on any atom is 0.422 e. The maximum absolute atomic E-state index is 11.9. The predicted octanol–water partition coefficient (Wildman–Crippen LogP) is 2.29. The van der Waals surface area contributed by atoms with Crippen molar-refractivity contribution >= 4 is 6.09 Å². The molecular weight excluding hydrogens is 261 g/mol. The molecule has 7 heteroatoms. The number of ether oxygens (including phenoxy) is 1. The molecule has 2 heterocycles. The molecule has 0 aromatic rings. The largest absolute Gasteiger partial charge is 0.440 e. The fourth-order valence-electron chi connectivity index (χ4n) is 3.09. The standard InChI is InChI=1S/C12H19F3N2O2/c1-17-9-3-2-4-10(17)6-8(5-9)16-11(18)19-7-12(13,14)15/h8-10H,2-7H2,1H3,(H,16,18). The van der Waals surface area contributed by atoms with Gasteiger partial charge in [0.2, 0.25) is 0 Å². The second-order valence-corrected chi connectivity index (χ2v) is 5.41. The fraction of sp³-hybridized carbons (Fsp3) is 0.917. The van der Waals surface area contributed by atoms with Crippen LogP contribution in [-0.2, 0) is 4.74 Å². The third-order valence-electron chi connectivity index (χ3n) is 4.03. The lowest BCUT2D eigenvalue weighted by Crippen LogP contribution is -2.55. The minimum atomic E-state index is -4.47. The second-order valence-electron chi connectivity index (χ2n) is 5.41. The summed E-state index contributed by atoms with van der Waals surface area (Å²) in [5.74, 6) is 0. The number of carbonyl (C=O) groups excluding carboxylic acids is 1. The van der Waals surface area contributed by atoms with Gasteiger partial charge in [-0.05, 0) is 32.7 Å². The van der Waals surface area contributed by atoms with Crippen molar-refractivity contribution in [3.63, 3.8) is 0 Å². The monoisotopic (exact) mass is 280 g/mol. The topological polar surface area (TPSA) is 41.6 Å². The number of halogens is 3. The molecule has 2 saturated heterocycles. The number of carbonyl (C=O) groups is 1. The van der Waals surface area contributed by atoms with Gasteiger partial charge in [0.15, 0.2) is 6.61 Å². The summed E-state index contributed by atoms with van der Waals surface area (Å²) in [6, 6.07) is 0.757. The smallest absolute Gasteiger partial charge is 0.422 e. The highest BCUT2D eigenvalue weighted by Crippen LogP contribution is 2.32. The summed E-state index contributed by atoms with van der Waals surface area (Å²) >= 11 is 0. The fourth-order valence-corrected chi connectivity index (χ4v) is 3.09. The third-order valence-corrected chi connectivity index (χ3v) is 4.03. The van der Waals surface area contributed by atoms with E-state index in [1.807, 2.05) is 0 Å². The van der Waals surface area contributed by atoms with Crippen molar-refractivity contribution in [2.24, 2.45) is 0 Å². The molecule has 0 spiro atoms. The Labute approximate surface area is 110 Å². The van der Waals surface area contributed by atoms with Gasteiger partial charge in [0, 0.05) is 18.1 Å². The van der Waals surface area contributed by atoms with Crippen molar-refractivity contribution < 1.29 is 22.7 Å². The third kappa shape index (κ3) is 3.99. The molecule has 4 nitrogen and oxygen atoms in total. The lowest BCUT2D eigenvalue weighted by Gasteiger charge is -2.47. The number of amides is 1. The van der Waals surface area contributed by atoms with Crippen molar-refractivity contribution in [3.05, 3.63) is 0 Å². The minimum absolute atomic E-state index is 0.0766. The number of fused-ring (bicyclic) bond motifs is 2. The first kappa shape index (κ1) is 14.4. The Bertz CT molecular complexity index is 321. The van der Waals surface area contributed by atoms with E-state index in [0.29, 0.717) is 12.1 Å². The number of piperidine rings is 2. The number of nitrogens with zero attached hydrogens (tertiary/aromatic N) is 1. The van der Waals surface area contributed by atoms with Gasteiger partial charge in [0.1, 0.15) is 0 Å². The van der Waals surface area contributed by atoms with Gasteiger partial charge in [-0.15, -0.1) is 0 Å². The van der Waals surface area contributed by atoms with E-state index in [4.69, 9.17) is 0 Å². The molecule has 2 unspecified atom stereocenters. The molecule has 19 heavy (non-hydrogen) atoms. The van der Waals surface area contributed by atoms with Crippen molar-refractivity contribution in [1.82, 2.24) is 10.2 Å². The first-order chi connectivity index (χ1) is 8.85. The summed E-state index contributed by atoms with van der Waals surface area (Å²) in [5, 5.41) is 2.55. The average Bonchev–Trinajstić information content (AvgIpc) is 2.27. The molecule has 0 aromatic heterocycles. The Hall–Kier alpha value is -0.980. The highest BCUT2D eigenvalue weighted by Gasteiger charge is 2.37. The van der Waals surface area contributed by atoms with Crippen LogP contribution in [-0.4, -0.2) is 48.9 Å². The lowest BCUT2D eigenvalue weighted by atomic mass is 9.82. The van der Waals surface area contributed by atoms with Crippen molar-refractivity contribution in [2.45, 2.75) is 56.4 Å². The minimum Gasteiger partial charge on any atom is -0.440 e. The van der Waals surface area contributed by atoms with E-state index in [0.717, 1.165) is 25.7 Å². The van der Waals surface area contributed by atoms with Crippen LogP contribution in [0.1, 0.15) is 32.1 Å². The van der Waals surface area contributed by atoms with E-state index in [1.165, 1.54) is 6.42 Å². The number of rotatable bonds is 2. The Morgan fingerprint density at radius 1 is 1.32 bits per heavy atom. The van der Waals surface area contributed by atoms with Crippen LogP contribution in [0, 0.1) is 0 Å². The number of alkyl carbamates (subject to hydrolysis) is 1. The van der Waals surface area contributed by atoms with Crippen molar-refractivity contribution in [2.75, 3.05) is 13.7 Å². The van der Waals surface area contributed by atoms with Crippen LogP contribution in [0.4, 0.5) is 18.0 Å². The molecule has 0 saturated carbocycles. The highest BCUT2D eigenvalue weighted by molar-refractivity contribution is 5.67. The normalized spacial score (nSPS) is 31.9. The van der Waals surface area contributed by atoms with Gasteiger partial charge in [0.05, 0.1) is 0 Å². The van der Waals surface area contributed by atoms with Gasteiger partial charge >= 0.3 is 12.3 Å². The van der Waals surface area contributed by atoms with E-state index in [1.54, 1.807) is 0 Å². The Morgan fingerprint density at radius 2 is 1.89 bits per heavy atom. The van der Waals surface area contributed by atoms with Crippen LogP contribution in [0.25, 0.3) is 0 Å². The van der Waals surface area contributed by atoms with Gasteiger partial charge < -0.3 is 15.0 Å². The van der Waals surface area contributed by atoms with Crippen LogP contribution in [0.5, 0.6) is 0 Å². The van der Waals surface area contributed by atoms with E-state index >= 15 is 0 Å². The highest BCUT2D eigenvalue weighted by atomic mass is 19.4. The molecule has 2 fully saturated rings. The summed E-state index contributed by atoms with van der Waals surface area (Å²) in [6.07, 6.45) is -0.510. The molecule has 2 aliphatic heterocycles. The summed E-state index contributed by atoms with van der Waals surface area (Å²) < 4.78 is 39.9.